The van der Waals surface area contributed by atoms with Crippen molar-refractivity contribution < 1.29 is 63.1 Å². The highest BCUT2D eigenvalue weighted by Gasteiger charge is 2.64. The molecule has 5 saturated heterocycles. The number of ether oxygens (including phenoxy) is 8. The van der Waals surface area contributed by atoms with Crippen LogP contribution < -0.4 is 5.32 Å². The molecular weight excluding hydrogens is 666 g/mol. The van der Waals surface area contributed by atoms with Crippen LogP contribution >= 0.6 is 0 Å². The molecule has 5 rings (SSSR count). The normalized spacial score (nSPS) is 55.1. The zero-order chi connectivity index (χ0) is 38.0. The number of nitrogens with one attached hydrogen (secondary N) is 1. The van der Waals surface area contributed by atoms with Gasteiger partial charge < -0.3 is 63.6 Å². The number of aliphatic hydroxyl groups is 4. The van der Waals surface area contributed by atoms with Gasteiger partial charge in [-0.25, -0.2) is 0 Å². The first-order valence-electron chi connectivity index (χ1n) is 18.9. The minimum atomic E-state index is -2.21. The maximum absolute atomic E-state index is 12.5. The lowest BCUT2D eigenvalue weighted by Crippen LogP contribution is -2.69. The van der Waals surface area contributed by atoms with E-state index in [-0.39, 0.29) is 24.3 Å². The van der Waals surface area contributed by atoms with Crippen LogP contribution in [-0.2, 0) is 42.7 Å². The van der Waals surface area contributed by atoms with Crippen LogP contribution in [0, 0.1) is 23.7 Å². The summed E-state index contributed by atoms with van der Waals surface area (Å²) < 4.78 is 51.8. The van der Waals surface area contributed by atoms with Crippen LogP contribution in [-0.4, -0.2) is 130 Å². The summed E-state index contributed by atoms with van der Waals surface area (Å²) >= 11 is 0. The highest BCUT2D eigenvalue weighted by molar-refractivity contribution is 5.73. The van der Waals surface area contributed by atoms with E-state index in [0.717, 1.165) is 0 Å². The van der Waals surface area contributed by atoms with E-state index in [1.54, 1.807) is 27.7 Å². The summed E-state index contributed by atoms with van der Waals surface area (Å²) in [5.41, 5.74) is -3.43. The summed E-state index contributed by atoms with van der Waals surface area (Å²) in [4.78, 5) is 12.1. The second kappa shape index (κ2) is 14.9. The van der Waals surface area contributed by atoms with Crippen molar-refractivity contribution in [2.45, 2.75) is 198 Å². The second-order valence-electron chi connectivity index (χ2n) is 16.9. The predicted molar refractivity (Wildman–Crippen MR) is 183 cm³/mol. The molecule has 20 atom stereocenters. The molecule has 5 heterocycles. The van der Waals surface area contributed by atoms with Gasteiger partial charge in [0.25, 0.3) is 5.97 Å². The number of methoxy groups -OCH3 is 1. The predicted octanol–water partition coefficient (Wildman–Crippen LogP) is 2.35. The summed E-state index contributed by atoms with van der Waals surface area (Å²) in [7, 11) is 1.53. The second-order valence-corrected chi connectivity index (χ2v) is 16.9. The third-order valence-electron chi connectivity index (χ3n) is 12.7. The third kappa shape index (κ3) is 7.64. The monoisotopic (exact) mass is 731 g/mol. The average molecular weight is 732 g/mol. The Hall–Kier alpha value is -1.01. The van der Waals surface area contributed by atoms with Crippen molar-refractivity contribution in [3.63, 3.8) is 0 Å². The molecule has 5 unspecified atom stereocenters. The molecule has 14 heteroatoms. The van der Waals surface area contributed by atoms with E-state index < -0.39 is 108 Å². The Kier molecular flexibility index (Phi) is 12.0. The number of carbonyl (C=O) groups excluding carboxylic acids is 1. The van der Waals surface area contributed by atoms with Gasteiger partial charge in [0.15, 0.2) is 12.6 Å². The minimum absolute atomic E-state index is 0.0235. The fourth-order valence-corrected chi connectivity index (χ4v) is 9.78. The van der Waals surface area contributed by atoms with Gasteiger partial charge in [0.1, 0.15) is 17.8 Å². The maximum Gasteiger partial charge on any atom is 0.286 e. The van der Waals surface area contributed by atoms with Gasteiger partial charge in [0, 0.05) is 32.3 Å². The first-order valence-corrected chi connectivity index (χ1v) is 18.9. The molecule has 5 N–H and O–H groups in total. The Morgan fingerprint density at radius 1 is 0.922 bits per heavy atom. The third-order valence-corrected chi connectivity index (χ3v) is 12.7. The molecular formula is C37H65NO13. The van der Waals surface area contributed by atoms with Crippen LogP contribution in [0.5, 0.6) is 0 Å². The topological polar surface area (TPSA) is 184 Å². The molecule has 14 nitrogen and oxygen atoms in total. The number of amides is 1. The number of aliphatic hydroxyl groups excluding tert-OH is 2. The van der Waals surface area contributed by atoms with Gasteiger partial charge >= 0.3 is 0 Å². The van der Waals surface area contributed by atoms with Crippen LogP contribution in [0.3, 0.4) is 0 Å². The molecule has 0 radical (unpaired) electrons. The number of hydrogen-bond donors (Lipinski definition) is 5. The molecule has 5 fully saturated rings. The van der Waals surface area contributed by atoms with Crippen molar-refractivity contribution in [1.29, 1.82) is 0 Å². The van der Waals surface area contributed by atoms with E-state index in [2.05, 4.69) is 12.2 Å². The van der Waals surface area contributed by atoms with E-state index in [0.29, 0.717) is 19.3 Å². The van der Waals surface area contributed by atoms with E-state index >= 15 is 0 Å². The quantitative estimate of drug-likeness (QED) is 0.258. The van der Waals surface area contributed by atoms with E-state index in [1.807, 2.05) is 34.6 Å². The van der Waals surface area contributed by atoms with Crippen molar-refractivity contribution in [2.24, 2.45) is 23.7 Å². The van der Waals surface area contributed by atoms with Crippen molar-refractivity contribution in [2.75, 3.05) is 7.11 Å². The Morgan fingerprint density at radius 2 is 1.59 bits per heavy atom. The summed E-state index contributed by atoms with van der Waals surface area (Å²) in [6, 6.07) is -0.602. The lowest BCUT2D eigenvalue weighted by molar-refractivity contribution is -0.481. The molecule has 1 amide bonds. The molecule has 5 aliphatic heterocycles. The average Bonchev–Trinajstić information content (AvgIpc) is 3.36. The van der Waals surface area contributed by atoms with Gasteiger partial charge in [-0.1, -0.05) is 34.6 Å². The Labute approximate surface area is 303 Å². The van der Waals surface area contributed by atoms with Crippen molar-refractivity contribution >= 4 is 5.91 Å². The molecule has 5 aliphatic rings. The summed E-state index contributed by atoms with van der Waals surface area (Å²) in [5.74, 6) is -4.41. The summed E-state index contributed by atoms with van der Waals surface area (Å²) in [6.45, 7) is 20.1. The van der Waals surface area contributed by atoms with E-state index in [9.17, 15) is 25.2 Å². The Morgan fingerprint density at radius 3 is 2.20 bits per heavy atom. The number of fused-ring (bicyclic) bond motifs is 4. The largest absolute Gasteiger partial charge is 0.387 e. The molecule has 0 aromatic carbocycles. The van der Waals surface area contributed by atoms with Crippen LogP contribution in [0.2, 0.25) is 0 Å². The number of hydrogen-bond acceptors (Lipinski definition) is 13. The standard InChI is InChI=1S/C37H65NO13/c1-13-25-36(11,42)32-19(4)28-17(2)15-35(10,50-28)31(48-33-27(40)24(38-23(8)39)14-18(3)45-33)20(5)29(21(6)37(43,49-25)51-32)47-26-16-34(9,44-12)30(41)22(7)46-26/h17-22,24-33,40-43H,13-16H2,1-12H3,(H,38,39)/t17-,18+,19-,20-,21+,22?,24?,25+,26-,27?,28?,29-,30-,31+,32+,33-,34?,35+,36+,37-/m0/s1. The van der Waals surface area contributed by atoms with Crippen molar-refractivity contribution in [3.8, 4) is 0 Å². The SMILES string of the molecule is CC[C@H]1O[C@]2(O)O[C@H]([C@@H](C)C3O[C@](C)(C[C@@H]3C)[C@H](O[C@@H]3O[C@H](C)CC(NC(C)=O)C3O)[C@@H](C)[C@H](O[C@H]3CC(C)(OC)[C@@H](O)C(C)O3)[C@H]2C)[C@]1(C)O. The lowest BCUT2D eigenvalue weighted by Gasteiger charge is -2.55. The zero-order valence-electron chi connectivity index (χ0n) is 32.5. The lowest BCUT2D eigenvalue weighted by atomic mass is 9.74. The van der Waals surface area contributed by atoms with Gasteiger partial charge in [-0.3, -0.25) is 4.79 Å². The Balaban J connectivity index is 1.62. The highest BCUT2D eigenvalue weighted by atomic mass is 16.8. The van der Waals surface area contributed by atoms with Crippen LogP contribution in [0.15, 0.2) is 0 Å². The molecule has 51 heavy (non-hydrogen) atoms. The van der Waals surface area contributed by atoms with E-state index in [1.165, 1.54) is 14.0 Å². The zero-order valence-corrected chi connectivity index (χ0v) is 32.5. The van der Waals surface area contributed by atoms with Crippen molar-refractivity contribution in [3.05, 3.63) is 0 Å². The van der Waals surface area contributed by atoms with Crippen LogP contribution in [0.25, 0.3) is 0 Å². The van der Waals surface area contributed by atoms with Crippen molar-refractivity contribution in [1.82, 2.24) is 5.32 Å². The number of rotatable bonds is 7. The molecule has 296 valence electrons. The summed E-state index contributed by atoms with van der Waals surface area (Å²) in [6.07, 6.45) is -7.37. The fraction of sp³-hybridized carbons (Fsp3) is 0.973. The van der Waals surface area contributed by atoms with Gasteiger partial charge in [-0.05, 0) is 59.8 Å². The smallest absolute Gasteiger partial charge is 0.286 e. The first-order chi connectivity index (χ1) is 23.6. The Bertz CT molecular complexity index is 1220. The van der Waals surface area contributed by atoms with Crippen LogP contribution in [0.4, 0.5) is 0 Å². The molecule has 0 aromatic heterocycles. The molecule has 0 aliphatic carbocycles. The van der Waals surface area contributed by atoms with Gasteiger partial charge in [0.2, 0.25) is 5.91 Å². The molecule has 4 bridgehead atoms. The molecule has 0 saturated carbocycles. The van der Waals surface area contributed by atoms with Gasteiger partial charge in [-0.15, -0.1) is 0 Å². The van der Waals surface area contributed by atoms with Gasteiger partial charge in [-0.2, -0.15) is 0 Å². The minimum Gasteiger partial charge on any atom is -0.387 e. The highest BCUT2D eigenvalue weighted by Crippen LogP contribution is 2.52. The number of carbonyl (C=O) groups is 1. The molecule has 0 aromatic rings. The van der Waals surface area contributed by atoms with Gasteiger partial charge in [0.05, 0.1) is 65.9 Å². The molecule has 0 spiro atoms. The summed E-state index contributed by atoms with van der Waals surface area (Å²) in [5, 5.41) is 49.8. The fourth-order valence-electron chi connectivity index (χ4n) is 9.78. The van der Waals surface area contributed by atoms with Crippen LogP contribution in [0.1, 0.15) is 102 Å². The maximum atomic E-state index is 12.5. The first kappa shape index (κ1) is 41.2. The van der Waals surface area contributed by atoms with E-state index in [4.69, 9.17) is 37.9 Å².